The van der Waals surface area contributed by atoms with Crippen LogP contribution in [0.15, 0.2) is 28.6 Å². The number of carboxylic acids is 1. The van der Waals surface area contributed by atoms with Gasteiger partial charge >= 0.3 is 29.6 Å². The van der Waals surface area contributed by atoms with Crippen LogP contribution in [0.1, 0.15) is 13.8 Å². The number of carbonyl (C=O) groups excluding carboxylic acids is 2. The molecule has 0 aromatic rings. The first kappa shape index (κ1) is 24.4. The third-order valence-electron chi connectivity index (χ3n) is 3.70. The maximum absolute atomic E-state index is 12.1. The Balaban J connectivity index is 0.00000625. The number of ether oxygens (including phenoxy) is 1. The minimum absolute atomic E-state index is 0. The van der Waals surface area contributed by atoms with Gasteiger partial charge in [0, 0.05) is 10.5 Å². The number of azide groups is 1. The number of allylic oxidation sites excluding steroid dienone is 1. The van der Waals surface area contributed by atoms with Gasteiger partial charge in [-0.3, -0.25) is 4.79 Å². The molecule has 1 aliphatic rings. The molecule has 0 spiro atoms. The van der Waals surface area contributed by atoms with E-state index in [-0.39, 0.29) is 29.6 Å². The Labute approximate surface area is 171 Å². The van der Waals surface area contributed by atoms with Crippen molar-refractivity contribution < 1.29 is 64.3 Å². The normalized spacial score (nSPS) is 24.7. The molecule has 0 saturated heterocycles. The number of amides is 1. The van der Waals surface area contributed by atoms with Crippen LogP contribution in [-0.4, -0.2) is 64.2 Å². The second-order valence-electron chi connectivity index (χ2n) is 5.31. The molecule has 138 valence electrons. The molecule has 0 aromatic carbocycles. The van der Waals surface area contributed by atoms with E-state index in [0.29, 0.717) is 5.57 Å². The fourth-order valence-electron chi connectivity index (χ4n) is 2.17. The van der Waals surface area contributed by atoms with E-state index >= 15 is 0 Å². The van der Waals surface area contributed by atoms with Gasteiger partial charge in [0.05, 0.1) is 18.7 Å². The van der Waals surface area contributed by atoms with Gasteiger partial charge in [-0.25, -0.2) is 0 Å². The molecule has 26 heavy (non-hydrogen) atoms. The molecule has 5 atom stereocenters. The first-order chi connectivity index (χ1) is 11.8. The Kier molecular flexibility index (Phi) is 10.5. The standard InChI is InChI=1S/C14H20N4O7.Na/c1-3-6(2)13(22)16-10-7(17-18-15)4-9(14(23)24)25-12(10)11(21)8(20)5-19;/h3-4,7-8,10-12,19-21H,5H2,1-2H3,(H,16,22)(H,23,24);/q;+1/p-1/b6-3+;/t7?,8-,10-,11-,12-;/m1./s1. The Morgan fingerprint density at radius 2 is 2.15 bits per heavy atom. The molecule has 12 heteroatoms. The number of aliphatic carboxylic acids is 1. The number of hydrogen-bond donors (Lipinski definition) is 4. The molecule has 1 unspecified atom stereocenters. The van der Waals surface area contributed by atoms with Crippen LogP contribution >= 0.6 is 0 Å². The Hall–Kier alpha value is -1.59. The largest absolute Gasteiger partial charge is 1.00 e. The van der Waals surface area contributed by atoms with E-state index in [2.05, 4.69) is 15.3 Å². The molecule has 0 bridgehead atoms. The summed E-state index contributed by atoms with van der Waals surface area (Å²) >= 11 is 0. The first-order valence-electron chi connectivity index (χ1n) is 7.31. The number of aliphatic hydroxyl groups excluding tert-OH is 3. The van der Waals surface area contributed by atoms with E-state index in [0.717, 1.165) is 6.08 Å². The van der Waals surface area contributed by atoms with E-state index in [9.17, 15) is 24.9 Å². The Morgan fingerprint density at radius 1 is 1.54 bits per heavy atom. The molecule has 0 aromatic heterocycles. The van der Waals surface area contributed by atoms with Crippen LogP contribution in [-0.2, 0) is 14.3 Å². The van der Waals surface area contributed by atoms with Crippen molar-refractivity contribution in [3.8, 4) is 0 Å². The van der Waals surface area contributed by atoms with E-state index in [1.54, 1.807) is 6.92 Å². The van der Waals surface area contributed by atoms with E-state index in [4.69, 9.17) is 15.4 Å². The van der Waals surface area contributed by atoms with Crippen LogP contribution in [0.3, 0.4) is 0 Å². The number of nitrogens with one attached hydrogen (secondary N) is 1. The number of hydrogen-bond acceptors (Lipinski definition) is 8. The van der Waals surface area contributed by atoms with Crippen LogP contribution in [0.25, 0.3) is 10.4 Å². The van der Waals surface area contributed by atoms with Crippen LogP contribution in [0.2, 0.25) is 0 Å². The summed E-state index contributed by atoms with van der Waals surface area (Å²) in [6.07, 6.45) is -2.53. The van der Waals surface area contributed by atoms with Crippen molar-refractivity contribution in [3.63, 3.8) is 0 Å². The minimum Gasteiger partial charge on any atom is -0.542 e. The van der Waals surface area contributed by atoms with Gasteiger partial charge in [0.25, 0.3) is 0 Å². The molecule has 1 rings (SSSR count). The quantitative estimate of drug-likeness (QED) is 0.112. The van der Waals surface area contributed by atoms with Crippen LogP contribution < -0.4 is 40.0 Å². The van der Waals surface area contributed by atoms with Gasteiger partial charge in [-0.1, -0.05) is 11.2 Å². The zero-order chi connectivity index (χ0) is 19.1. The molecular weight excluding hydrogens is 359 g/mol. The van der Waals surface area contributed by atoms with E-state index in [1.807, 2.05) is 0 Å². The number of rotatable bonds is 7. The molecule has 0 saturated carbocycles. The molecule has 1 heterocycles. The zero-order valence-electron chi connectivity index (χ0n) is 14.6. The zero-order valence-corrected chi connectivity index (χ0v) is 16.6. The molecule has 1 amide bonds. The summed E-state index contributed by atoms with van der Waals surface area (Å²) in [6, 6.07) is -2.43. The van der Waals surface area contributed by atoms with Gasteiger partial charge in [-0.15, -0.1) is 0 Å². The van der Waals surface area contributed by atoms with Gasteiger partial charge in [-0.2, -0.15) is 0 Å². The van der Waals surface area contributed by atoms with E-state index in [1.165, 1.54) is 13.0 Å². The van der Waals surface area contributed by atoms with Crippen molar-refractivity contribution in [3.05, 3.63) is 33.9 Å². The summed E-state index contributed by atoms with van der Waals surface area (Å²) in [5.74, 6) is -3.03. The van der Waals surface area contributed by atoms with Crippen molar-refractivity contribution in [2.24, 2.45) is 5.11 Å². The van der Waals surface area contributed by atoms with Crippen molar-refractivity contribution in [1.82, 2.24) is 5.32 Å². The Bertz CT molecular complexity index is 633. The van der Waals surface area contributed by atoms with Crippen molar-refractivity contribution in [2.75, 3.05) is 6.61 Å². The van der Waals surface area contributed by atoms with Crippen molar-refractivity contribution in [2.45, 2.75) is 44.2 Å². The molecule has 0 aliphatic carbocycles. The van der Waals surface area contributed by atoms with Gasteiger partial charge in [-0.05, 0) is 25.5 Å². The maximum Gasteiger partial charge on any atom is 1.00 e. The topological polar surface area (TPSA) is 188 Å². The molecular formula is C14H19N4NaO7. The molecule has 0 fully saturated rings. The van der Waals surface area contributed by atoms with Crippen LogP contribution in [0, 0.1) is 0 Å². The average Bonchev–Trinajstić information content (AvgIpc) is 2.60. The van der Waals surface area contributed by atoms with Crippen molar-refractivity contribution in [1.29, 1.82) is 0 Å². The number of carbonyl (C=O) groups is 2. The van der Waals surface area contributed by atoms with E-state index < -0.39 is 54.6 Å². The fraction of sp³-hybridized carbons (Fsp3) is 0.571. The summed E-state index contributed by atoms with van der Waals surface area (Å²) in [7, 11) is 0. The van der Waals surface area contributed by atoms with Crippen molar-refractivity contribution >= 4 is 11.9 Å². The monoisotopic (exact) mass is 378 g/mol. The SMILES string of the molecule is C/C=C(\C)C(=O)N[C@@H]1C(N=[N+]=[N-])C=C(C(=O)[O-])O[C@H]1[C@H](O)[C@H](O)CO.[Na+]. The van der Waals surface area contributed by atoms with Crippen LogP contribution in [0.5, 0.6) is 0 Å². The third kappa shape index (κ3) is 5.99. The molecule has 11 nitrogen and oxygen atoms in total. The predicted molar refractivity (Wildman–Crippen MR) is 81.4 cm³/mol. The van der Waals surface area contributed by atoms with Gasteiger partial charge in [0.2, 0.25) is 5.91 Å². The predicted octanol–water partition coefficient (Wildman–Crippen LogP) is -5.13. The number of carboxylic acid groups (broad SMARTS) is 1. The summed E-state index contributed by atoms with van der Waals surface area (Å²) in [5.41, 5.74) is 8.99. The second kappa shape index (κ2) is 11.2. The molecule has 4 N–H and O–H groups in total. The summed E-state index contributed by atoms with van der Waals surface area (Å²) in [5, 5.41) is 45.7. The maximum atomic E-state index is 12.1. The van der Waals surface area contributed by atoms with Crippen LogP contribution in [0.4, 0.5) is 0 Å². The smallest absolute Gasteiger partial charge is 0.542 e. The fourth-order valence-corrected chi connectivity index (χ4v) is 2.17. The Morgan fingerprint density at radius 3 is 2.62 bits per heavy atom. The van der Waals surface area contributed by atoms with Gasteiger partial charge in [0.15, 0.2) is 0 Å². The average molecular weight is 378 g/mol. The third-order valence-corrected chi connectivity index (χ3v) is 3.70. The van der Waals surface area contributed by atoms with Gasteiger partial charge in [0.1, 0.15) is 30.0 Å². The number of aliphatic hydroxyl groups is 3. The molecule has 1 aliphatic heterocycles. The summed E-state index contributed by atoms with van der Waals surface area (Å²) in [4.78, 5) is 25.8. The summed E-state index contributed by atoms with van der Waals surface area (Å²) in [6.45, 7) is 2.29. The minimum atomic E-state index is -1.78. The summed E-state index contributed by atoms with van der Waals surface area (Å²) < 4.78 is 5.10. The second-order valence-corrected chi connectivity index (χ2v) is 5.31. The van der Waals surface area contributed by atoms with Gasteiger partial charge < -0.3 is 35.3 Å². The molecule has 0 radical (unpaired) electrons. The first-order valence-corrected chi connectivity index (χ1v) is 7.31. The number of nitrogens with zero attached hydrogens (tertiary/aromatic N) is 3.